The lowest BCUT2D eigenvalue weighted by atomic mass is 9.66. The third-order valence-corrected chi connectivity index (χ3v) is 4.86. The normalized spacial score (nSPS) is 24.6. The molecule has 1 aliphatic carbocycles. The van der Waals surface area contributed by atoms with Crippen LogP contribution in [0.2, 0.25) is 0 Å². The van der Waals surface area contributed by atoms with Crippen LogP contribution in [0.25, 0.3) is 0 Å². The van der Waals surface area contributed by atoms with Gasteiger partial charge in [-0.2, -0.15) is 0 Å². The van der Waals surface area contributed by atoms with Crippen LogP contribution < -0.4 is 0 Å². The Morgan fingerprint density at radius 2 is 1.65 bits per heavy atom. The summed E-state index contributed by atoms with van der Waals surface area (Å²) in [4.78, 5) is 11.9. The fraction of sp³-hybridized carbons (Fsp3) is 0.611. The highest BCUT2D eigenvalue weighted by atomic mass is 16.4. The molecule has 0 aliphatic heterocycles. The molecule has 0 heterocycles. The van der Waals surface area contributed by atoms with Crippen LogP contribution in [0.15, 0.2) is 24.3 Å². The standard InChI is InChI=1S/C18H26O2/c1-12(2)15-6-4-5-7-16(15)17(18(19)20)14-10-8-13(3)9-11-14/h8-12,15-17H,4-7H2,1-3H3,(H,19,20). The van der Waals surface area contributed by atoms with Crippen LogP contribution in [0.4, 0.5) is 0 Å². The Morgan fingerprint density at radius 3 is 2.15 bits per heavy atom. The molecular weight excluding hydrogens is 248 g/mol. The van der Waals surface area contributed by atoms with E-state index in [0.29, 0.717) is 11.8 Å². The molecule has 0 amide bonds. The third-order valence-electron chi connectivity index (χ3n) is 4.86. The quantitative estimate of drug-likeness (QED) is 0.869. The molecule has 1 saturated carbocycles. The second-order valence-electron chi connectivity index (χ2n) is 6.58. The summed E-state index contributed by atoms with van der Waals surface area (Å²) in [5.74, 6) is 0.373. The van der Waals surface area contributed by atoms with Gasteiger partial charge in [0.15, 0.2) is 0 Å². The maximum atomic E-state index is 11.9. The van der Waals surface area contributed by atoms with Gasteiger partial charge in [-0.25, -0.2) is 0 Å². The predicted octanol–water partition coefficient (Wildman–Crippen LogP) is 4.63. The second kappa shape index (κ2) is 6.43. The highest BCUT2D eigenvalue weighted by Crippen LogP contribution is 2.43. The van der Waals surface area contributed by atoms with Gasteiger partial charge in [0.05, 0.1) is 5.92 Å². The molecule has 1 fully saturated rings. The lowest BCUT2D eigenvalue weighted by Crippen LogP contribution is -2.33. The zero-order valence-corrected chi connectivity index (χ0v) is 12.8. The van der Waals surface area contributed by atoms with E-state index in [1.165, 1.54) is 24.8 Å². The van der Waals surface area contributed by atoms with Gasteiger partial charge in [-0.1, -0.05) is 56.5 Å². The highest BCUT2D eigenvalue weighted by Gasteiger charge is 2.37. The monoisotopic (exact) mass is 274 g/mol. The molecule has 2 rings (SSSR count). The largest absolute Gasteiger partial charge is 0.481 e. The molecule has 3 atom stereocenters. The Morgan fingerprint density at radius 1 is 1.10 bits per heavy atom. The number of carbonyl (C=O) groups is 1. The Balaban J connectivity index is 2.31. The van der Waals surface area contributed by atoms with Crippen molar-refractivity contribution in [2.45, 2.75) is 52.4 Å². The molecule has 3 unspecified atom stereocenters. The molecule has 0 aromatic heterocycles. The van der Waals surface area contributed by atoms with Gasteiger partial charge >= 0.3 is 5.97 Å². The van der Waals surface area contributed by atoms with E-state index in [4.69, 9.17) is 0 Å². The van der Waals surface area contributed by atoms with Crippen LogP contribution in [-0.2, 0) is 4.79 Å². The molecule has 2 heteroatoms. The van der Waals surface area contributed by atoms with Crippen LogP contribution in [0.3, 0.4) is 0 Å². The average molecular weight is 274 g/mol. The van der Waals surface area contributed by atoms with Gasteiger partial charge in [0.2, 0.25) is 0 Å². The molecule has 0 bridgehead atoms. The maximum Gasteiger partial charge on any atom is 0.311 e. The minimum atomic E-state index is -0.661. The number of hydrogen-bond acceptors (Lipinski definition) is 1. The first-order chi connectivity index (χ1) is 9.50. The second-order valence-corrected chi connectivity index (χ2v) is 6.58. The van der Waals surface area contributed by atoms with Crippen molar-refractivity contribution in [2.24, 2.45) is 17.8 Å². The maximum absolute atomic E-state index is 11.9. The summed E-state index contributed by atoms with van der Waals surface area (Å²) in [6.45, 7) is 6.51. The first-order valence-electron chi connectivity index (χ1n) is 7.80. The van der Waals surface area contributed by atoms with E-state index < -0.39 is 5.97 Å². The average Bonchev–Trinajstić information content (AvgIpc) is 2.41. The van der Waals surface area contributed by atoms with Crippen molar-refractivity contribution < 1.29 is 9.90 Å². The number of rotatable bonds is 4. The van der Waals surface area contributed by atoms with Crippen molar-refractivity contribution in [1.82, 2.24) is 0 Å². The van der Waals surface area contributed by atoms with Gasteiger partial charge in [-0.3, -0.25) is 4.79 Å². The molecule has 0 spiro atoms. The van der Waals surface area contributed by atoms with E-state index in [0.717, 1.165) is 12.0 Å². The van der Waals surface area contributed by atoms with Crippen molar-refractivity contribution in [3.05, 3.63) is 35.4 Å². The minimum Gasteiger partial charge on any atom is -0.481 e. The summed E-state index contributed by atoms with van der Waals surface area (Å²) in [7, 11) is 0. The molecule has 0 radical (unpaired) electrons. The van der Waals surface area contributed by atoms with Gasteiger partial charge in [0, 0.05) is 0 Å². The van der Waals surface area contributed by atoms with E-state index in [1.807, 2.05) is 31.2 Å². The minimum absolute atomic E-state index is 0.281. The fourth-order valence-electron chi connectivity index (χ4n) is 3.78. The van der Waals surface area contributed by atoms with E-state index in [2.05, 4.69) is 13.8 Å². The van der Waals surface area contributed by atoms with Crippen molar-refractivity contribution in [3.8, 4) is 0 Å². The van der Waals surface area contributed by atoms with Gasteiger partial charge in [-0.15, -0.1) is 0 Å². The SMILES string of the molecule is Cc1ccc(C(C(=O)O)C2CCCCC2C(C)C)cc1. The third kappa shape index (κ3) is 3.23. The Bertz CT molecular complexity index is 447. The van der Waals surface area contributed by atoms with Gasteiger partial charge < -0.3 is 5.11 Å². The summed E-state index contributed by atoms with van der Waals surface area (Å²) in [5, 5.41) is 9.75. The number of hydrogen-bond donors (Lipinski definition) is 1. The van der Waals surface area contributed by atoms with E-state index in [1.54, 1.807) is 0 Å². The first-order valence-corrected chi connectivity index (χ1v) is 7.80. The number of aryl methyl sites for hydroxylation is 1. The van der Waals surface area contributed by atoms with Crippen molar-refractivity contribution in [3.63, 3.8) is 0 Å². The number of aliphatic carboxylic acids is 1. The molecule has 0 saturated heterocycles. The fourth-order valence-corrected chi connectivity index (χ4v) is 3.78. The smallest absolute Gasteiger partial charge is 0.311 e. The van der Waals surface area contributed by atoms with Gasteiger partial charge in [0.25, 0.3) is 0 Å². The van der Waals surface area contributed by atoms with Crippen LogP contribution >= 0.6 is 0 Å². The van der Waals surface area contributed by atoms with Crippen molar-refractivity contribution in [1.29, 1.82) is 0 Å². The molecular formula is C18H26O2. The summed E-state index contributed by atoms with van der Waals surface area (Å²) in [6.07, 6.45) is 4.65. The molecule has 110 valence electrons. The lowest BCUT2D eigenvalue weighted by Gasteiger charge is -2.38. The summed E-state index contributed by atoms with van der Waals surface area (Å²) in [6, 6.07) is 8.05. The molecule has 2 nitrogen and oxygen atoms in total. The van der Waals surface area contributed by atoms with Crippen molar-refractivity contribution >= 4 is 5.97 Å². The molecule has 1 aromatic carbocycles. The zero-order valence-electron chi connectivity index (χ0n) is 12.8. The number of carboxylic acids is 1. The van der Waals surface area contributed by atoms with E-state index in [9.17, 15) is 9.90 Å². The van der Waals surface area contributed by atoms with Crippen LogP contribution in [0.1, 0.15) is 56.6 Å². The van der Waals surface area contributed by atoms with Crippen LogP contribution in [0, 0.1) is 24.7 Å². The first kappa shape index (κ1) is 15.1. The molecule has 20 heavy (non-hydrogen) atoms. The van der Waals surface area contributed by atoms with E-state index >= 15 is 0 Å². The van der Waals surface area contributed by atoms with Crippen LogP contribution in [0.5, 0.6) is 0 Å². The van der Waals surface area contributed by atoms with Crippen LogP contribution in [-0.4, -0.2) is 11.1 Å². The molecule has 1 aliphatic rings. The lowest BCUT2D eigenvalue weighted by molar-refractivity contribution is -0.141. The Hall–Kier alpha value is -1.31. The summed E-state index contributed by atoms with van der Waals surface area (Å²) < 4.78 is 0. The summed E-state index contributed by atoms with van der Waals surface area (Å²) >= 11 is 0. The Labute approximate surface area is 122 Å². The van der Waals surface area contributed by atoms with Gasteiger partial charge in [0.1, 0.15) is 0 Å². The van der Waals surface area contributed by atoms with E-state index in [-0.39, 0.29) is 11.8 Å². The van der Waals surface area contributed by atoms with Crippen molar-refractivity contribution in [2.75, 3.05) is 0 Å². The molecule has 1 aromatic rings. The highest BCUT2D eigenvalue weighted by molar-refractivity contribution is 5.76. The Kier molecular flexibility index (Phi) is 4.85. The topological polar surface area (TPSA) is 37.3 Å². The number of benzene rings is 1. The molecule has 1 N–H and O–H groups in total. The van der Waals surface area contributed by atoms with Gasteiger partial charge in [-0.05, 0) is 43.1 Å². The summed E-state index contributed by atoms with van der Waals surface area (Å²) in [5.41, 5.74) is 2.16. The predicted molar refractivity (Wildman–Crippen MR) is 81.8 cm³/mol. The zero-order chi connectivity index (χ0) is 14.7. The number of carboxylic acid groups (broad SMARTS) is 1.